The lowest BCUT2D eigenvalue weighted by Crippen LogP contribution is -2.28. The third kappa shape index (κ3) is 3.94. The van der Waals surface area contributed by atoms with Crippen molar-refractivity contribution < 1.29 is 14.5 Å². The van der Waals surface area contributed by atoms with E-state index in [0.29, 0.717) is 6.54 Å². The van der Waals surface area contributed by atoms with Crippen LogP contribution in [-0.2, 0) is 4.79 Å². The molecule has 1 aromatic carbocycles. The van der Waals surface area contributed by atoms with E-state index in [1.807, 2.05) is 0 Å². The molecule has 1 rings (SSSR count). The number of carbonyl (C=O) groups is 2. The van der Waals surface area contributed by atoms with Crippen molar-refractivity contribution in [2.24, 2.45) is 5.73 Å². The molecular weight excluding hydrogens is 264 g/mol. The highest BCUT2D eigenvalue weighted by molar-refractivity contribution is 6.01. The van der Waals surface area contributed by atoms with Crippen molar-refractivity contribution in [3.63, 3.8) is 0 Å². The average molecular weight is 280 g/mol. The van der Waals surface area contributed by atoms with E-state index in [-0.39, 0.29) is 29.9 Å². The molecule has 0 bridgehead atoms. The molecule has 0 aliphatic rings. The van der Waals surface area contributed by atoms with Gasteiger partial charge in [0, 0.05) is 25.6 Å². The van der Waals surface area contributed by atoms with E-state index in [9.17, 15) is 19.7 Å². The van der Waals surface area contributed by atoms with Crippen molar-refractivity contribution in [3.8, 4) is 0 Å². The van der Waals surface area contributed by atoms with Gasteiger partial charge in [0.1, 0.15) is 5.69 Å². The number of hydrogen-bond acceptors (Lipinski definition) is 5. The highest BCUT2D eigenvalue weighted by atomic mass is 16.6. The summed E-state index contributed by atoms with van der Waals surface area (Å²) in [5.41, 5.74) is 5.12. The summed E-state index contributed by atoms with van der Waals surface area (Å²) in [5.74, 6) is -1.03. The molecule has 8 nitrogen and oxygen atoms in total. The number of carbonyl (C=O) groups excluding carboxylic acids is 2. The van der Waals surface area contributed by atoms with Gasteiger partial charge in [-0.05, 0) is 13.0 Å². The van der Waals surface area contributed by atoms with Gasteiger partial charge < -0.3 is 16.4 Å². The number of nitro benzene ring substituents is 1. The normalized spacial score (nSPS) is 9.85. The Bertz CT molecular complexity index is 530. The molecule has 0 heterocycles. The molecule has 0 unspecified atom stereocenters. The molecule has 0 atom stereocenters. The summed E-state index contributed by atoms with van der Waals surface area (Å²) in [7, 11) is 0. The zero-order valence-electron chi connectivity index (χ0n) is 11.0. The topological polar surface area (TPSA) is 127 Å². The maximum absolute atomic E-state index is 12.0. The van der Waals surface area contributed by atoms with E-state index < -0.39 is 16.7 Å². The summed E-state index contributed by atoms with van der Waals surface area (Å²) in [5, 5.41) is 16.3. The van der Waals surface area contributed by atoms with E-state index in [0.717, 1.165) is 0 Å². The Balaban J connectivity index is 2.98. The molecule has 0 saturated heterocycles. The number of para-hydroxylation sites is 1. The van der Waals surface area contributed by atoms with Crippen LogP contribution < -0.4 is 16.4 Å². The number of rotatable bonds is 7. The monoisotopic (exact) mass is 280 g/mol. The zero-order chi connectivity index (χ0) is 15.1. The second kappa shape index (κ2) is 7.07. The molecule has 108 valence electrons. The Morgan fingerprint density at radius 2 is 2.10 bits per heavy atom. The minimum atomic E-state index is -0.557. The first-order valence-corrected chi connectivity index (χ1v) is 6.05. The number of benzene rings is 1. The van der Waals surface area contributed by atoms with Gasteiger partial charge in [-0.3, -0.25) is 19.7 Å². The zero-order valence-corrected chi connectivity index (χ0v) is 11.0. The Kier molecular flexibility index (Phi) is 5.45. The maximum Gasteiger partial charge on any atom is 0.293 e. The van der Waals surface area contributed by atoms with Crippen LogP contribution in [0.4, 0.5) is 11.4 Å². The fourth-order valence-electron chi connectivity index (χ4n) is 1.64. The standard InChI is InChI=1S/C12H16N4O4/c1-2-14-11-8(4-3-5-9(11)16(19)20)12(18)15-7-6-10(13)17/h3-5,14H,2,6-7H2,1H3,(H2,13,17)(H,15,18). The number of primary amides is 1. The van der Waals surface area contributed by atoms with Gasteiger partial charge in [-0.1, -0.05) is 6.07 Å². The predicted octanol–water partition coefficient (Wildman–Crippen LogP) is 0.632. The third-order valence-corrected chi connectivity index (χ3v) is 2.49. The fourth-order valence-corrected chi connectivity index (χ4v) is 1.64. The van der Waals surface area contributed by atoms with Crippen molar-refractivity contribution in [2.45, 2.75) is 13.3 Å². The summed E-state index contributed by atoms with van der Waals surface area (Å²) in [6.07, 6.45) is 0.0111. The number of nitrogens with one attached hydrogen (secondary N) is 2. The summed E-state index contributed by atoms with van der Waals surface area (Å²) in [6.45, 7) is 2.29. The highest BCUT2D eigenvalue weighted by Crippen LogP contribution is 2.28. The Hall–Kier alpha value is -2.64. The number of hydrogen-bond donors (Lipinski definition) is 3. The van der Waals surface area contributed by atoms with Crippen LogP contribution in [0, 0.1) is 10.1 Å². The van der Waals surface area contributed by atoms with Crippen molar-refractivity contribution in [2.75, 3.05) is 18.4 Å². The van der Waals surface area contributed by atoms with Gasteiger partial charge in [0.15, 0.2) is 0 Å². The molecule has 0 saturated carbocycles. The minimum Gasteiger partial charge on any atom is -0.379 e. The smallest absolute Gasteiger partial charge is 0.293 e. The summed E-state index contributed by atoms with van der Waals surface area (Å²) in [4.78, 5) is 33.0. The van der Waals surface area contributed by atoms with E-state index >= 15 is 0 Å². The van der Waals surface area contributed by atoms with Crippen LogP contribution in [0.15, 0.2) is 18.2 Å². The molecule has 4 N–H and O–H groups in total. The van der Waals surface area contributed by atoms with Gasteiger partial charge in [-0.25, -0.2) is 0 Å². The summed E-state index contributed by atoms with van der Waals surface area (Å²) < 4.78 is 0. The minimum absolute atomic E-state index is 0.0111. The van der Waals surface area contributed by atoms with Gasteiger partial charge >= 0.3 is 0 Å². The van der Waals surface area contributed by atoms with Crippen LogP contribution in [0.1, 0.15) is 23.7 Å². The molecule has 0 aromatic heterocycles. The first-order valence-electron chi connectivity index (χ1n) is 6.05. The molecule has 0 radical (unpaired) electrons. The van der Waals surface area contributed by atoms with Gasteiger partial charge in [0.05, 0.1) is 10.5 Å². The molecule has 20 heavy (non-hydrogen) atoms. The molecule has 0 aliphatic heterocycles. The molecule has 1 aromatic rings. The van der Waals surface area contributed by atoms with E-state index in [1.165, 1.54) is 18.2 Å². The van der Waals surface area contributed by atoms with E-state index in [1.54, 1.807) is 6.92 Å². The number of anilines is 1. The average Bonchev–Trinajstić information content (AvgIpc) is 2.38. The van der Waals surface area contributed by atoms with E-state index in [2.05, 4.69) is 10.6 Å². The summed E-state index contributed by atoms with van der Waals surface area (Å²) >= 11 is 0. The SMILES string of the molecule is CCNc1c(C(=O)NCCC(N)=O)cccc1[N+](=O)[O-]. The molecular formula is C12H16N4O4. The first kappa shape index (κ1) is 15.4. The molecule has 0 aliphatic carbocycles. The van der Waals surface area contributed by atoms with Crippen LogP contribution in [-0.4, -0.2) is 29.8 Å². The van der Waals surface area contributed by atoms with Crippen molar-refractivity contribution >= 4 is 23.2 Å². The molecule has 2 amide bonds. The lowest BCUT2D eigenvalue weighted by Gasteiger charge is -2.11. The Morgan fingerprint density at radius 1 is 1.40 bits per heavy atom. The van der Waals surface area contributed by atoms with Crippen molar-refractivity contribution in [3.05, 3.63) is 33.9 Å². The molecule has 0 fully saturated rings. The quantitative estimate of drug-likeness (QED) is 0.498. The van der Waals surface area contributed by atoms with Gasteiger partial charge in [-0.15, -0.1) is 0 Å². The van der Waals surface area contributed by atoms with Gasteiger partial charge in [0.25, 0.3) is 11.6 Å². The molecule has 0 spiro atoms. The number of nitro groups is 1. The van der Waals surface area contributed by atoms with Gasteiger partial charge in [-0.2, -0.15) is 0 Å². The van der Waals surface area contributed by atoms with Gasteiger partial charge in [0.2, 0.25) is 5.91 Å². The van der Waals surface area contributed by atoms with Crippen molar-refractivity contribution in [1.29, 1.82) is 0 Å². The number of nitrogens with zero attached hydrogens (tertiary/aromatic N) is 1. The third-order valence-electron chi connectivity index (χ3n) is 2.49. The predicted molar refractivity (Wildman–Crippen MR) is 73.4 cm³/mol. The largest absolute Gasteiger partial charge is 0.379 e. The molecule has 8 heteroatoms. The van der Waals surface area contributed by atoms with Crippen LogP contribution in [0.3, 0.4) is 0 Å². The lowest BCUT2D eigenvalue weighted by molar-refractivity contribution is -0.384. The van der Waals surface area contributed by atoms with Crippen LogP contribution >= 0.6 is 0 Å². The van der Waals surface area contributed by atoms with Crippen LogP contribution in [0.25, 0.3) is 0 Å². The van der Waals surface area contributed by atoms with Crippen LogP contribution in [0.2, 0.25) is 0 Å². The Morgan fingerprint density at radius 3 is 2.65 bits per heavy atom. The number of nitrogens with two attached hydrogens (primary N) is 1. The lowest BCUT2D eigenvalue weighted by atomic mass is 10.1. The second-order valence-corrected chi connectivity index (χ2v) is 3.96. The highest BCUT2D eigenvalue weighted by Gasteiger charge is 2.20. The first-order chi connectivity index (χ1) is 9.47. The summed E-state index contributed by atoms with van der Waals surface area (Å²) in [6, 6.07) is 4.23. The fraction of sp³-hybridized carbons (Fsp3) is 0.333. The van der Waals surface area contributed by atoms with E-state index in [4.69, 9.17) is 5.73 Å². The maximum atomic E-state index is 12.0. The Labute approximate surface area is 115 Å². The number of amides is 2. The second-order valence-electron chi connectivity index (χ2n) is 3.96. The van der Waals surface area contributed by atoms with Crippen molar-refractivity contribution in [1.82, 2.24) is 5.32 Å². The van der Waals surface area contributed by atoms with Crippen LogP contribution in [0.5, 0.6) is 0 Å².